The molecule has 1 amide bonds. The summed E-state index contributed by atoms with van der Waals surface area (Å²) < 4.78 is 5.39. The first kappa shape index (κ1) is 8.69. The van der Waals surface area contributed by atoms with Gasteiger partial charge in [0.05, 0.1) is 5.60 Å². The lowest BCUT2D eigenvalue weighted by molar-refractivity contribution is -0.141. The average molecular weight is 183 g/mol. The monoisotopic (exact) mass is 183 g/mol. The summed E-state index contributed by atoms with van der Waals surface area (Å²) in [5.74, 6) is -0.647. The molecule has 2 rings (SSSR count). The van der Waals surface area contributed by atoms with Crippen LogP contribution in [0.1, 0.15) is 26.7 Å². The molecule has 0 spiro atoms. The number of amides is 1. The van der Waals surface area contributed by atoms with E-state index in [-0.39, 0.29) is 17.5 Å². The van der Waals surface area contributed by atoms with E-state index < -0.39 is 11.3 Å². The summed E-state index contributed by atoms with van der Waals surface area (Å²) in [5.41, 5.74) is 3.86. The van der Waals surface area contributed by atoms with Gasteiger partial charge < -0.3 is 10.5 Å². The van der Waals surface area contributed by atoms with Gasteiger partial charge in [0.2, 0.25) is 5.91 Å². The smallest absolute Gasteiger partial charge is 0.233 e. The minimum Gasteiger partial charge on any atom is -0.369 e. The number of ketones is 1. The molecule has 0 aromatic heterocycles. The Balaban J connectivity index is 2.36. The second-order valence-electron chi connectivity index (χ2n) is 4.30. The number of rotatable bonds is 1. The van der Waals surface area contributed by atoms with Gasteiger partial charge in [-0.15, -0.1) is 0 Å². The third-order valence-electron chi connectivity index (χ3n) is 3.35. The van der Waals surface area contributed by atoms with Crippen LogP contribution in [0.25, 0.3) is 0 Å². The number of hydrogen-bond donors (Lipinski definition) is 1. The van der Waals surface area contributed by atoms with Crippen molar-refractivity contribution in [2.24, 2.45) is 11.1 Å². The van der Waals surface area contributed by atoms with Crippen molar-refractivity contribution >= 4 is 11.7 Å². The highest BCUT2D eigenvalue weighted by molar-refractivity contribution is 6.07. The minimum absolute atomic E-state index is 0.0834. The average Bonchev–Trinajstić information content (AvgIpc) is 2.72. The largest absolute Gasteiger partial charge is 0.369 e. The van der Waals surface area contributed by atoms with E-state index in [0.29, 0.717) is 12.8 Å². The van der Waals surface area contributed by atoms with Gasteiger partial charge in [-0.2, -0.15) is 0 Å². The van der Waals surface area contributed by atoms with E-state index in [1.165, 1.54) is 0 Å². The van der Waals surface area contributed by atoms with Crippen LogP contribution >= 0.6 is 0 Å². The number of nitrogens with two attached hydrogens (primary N) is 1. The molecule has 2 N–H and O–H groups in total. The maximum atomic E-state index is 11.6. The standard InChI is InChI=1S/C9H13NO3/c1-8-4-3-5(11)9(2,7(10)12)6(8)13-8/h6H,3-4H2,1-2H3,(H2,10,12)/t6-,8-,9-/m1/s1. The van der Waals surface area contributed by atoms with E-state index in [1.807, 2.05) is 6.92 Å². The Kier molecular flexibility index (Phi) is 1.42. The topological polar surface area (TPSA) is 72.7 Å². The number of Topliss-reactive ketones (excluding diaryl/α,β-unsaturated/α-hetero) is 1. The van der Waals surface area contributed by atoms with Gasteiger partial charge in [-0.05, 0) is 20.3 Å². The van der Waals surface area contributed by atoms with E-state index in [1.54, 1.807) is 6.92 Å². The molecule has 3 atom stereocenters. The predicted molar refractivity (Wildman–Crippen MR) is 44.8 cm³/mol. The van der Waals surface area contributed by atoms with Crippen molar-refractivity contribution in [2.75, 3.05) is 0 Å². The molecule has 13 heavy (non-hydrogen) atoms. The molecular formula is C9H13NO3. The Hall–Kier alpha value is -0.900. The Morgan fingerprint density at radius 1 is 1.62 bits per heavy atom. The van der Waals surface area contributed by atoms with Gasteiger partial charge in [-0.25, -0.2) is 0 Å². The normalized spacial score (nSPS) is 48.5. The lowest BCUT2D eigenvalue weighted by Crippen LogP contribution is -2.50. The molecule has 0 unspecified atom stereocenters. The van der Waals surface area contributed by atoms with E-state index >= 15 is 0 Å². The zero-order valence-electron chi connectivity index (χ0n) is 7.79. The first-order valence-electron chi connectivity index (χ1n) is 4.42. The Morgan fingerprint density at radius 2 is 2.23 bits per heavy atom. The molecule has 1 aliphatic carbocycles. The summed E-state index contributed by atoms with van der Waals surface area (Å²) in [6.07, 6.45) is 0.810. The zero-order valence-corrected chi connectivity index (χ0v) is 7.79. The highest BCUT2D eigenvalue weighted by atomic mass is 16.6. The van der Waals surface area contributed by atoms with Gasteiger partial charge in [-0.1, -0.05) is 0 Å². The lowest BCUT2D eigenvalue weighted by Gasteiger charge is -2.27. The third kappa shape index (κ3) is 0.892. The first-order valence-corrected chi connectivity index (χ1v) is 4.42. The van der Waals surface area contributed by atoms with Crippen molar-refractivity contribution in [3.63, 3.8) is 0 Å². The molecular weight excluding hydrogens is 170 g/mol. The van der Waals surface area contributed by atoms with Crippen LogP contribution in [-0.2, 0) is 14.3 Å². The van der Waals surface area contributed by atoms with Crippen LogP contribution in [0.2, 0.25) is 0 Å². The van der Waals surface area contributed by atoms with Crippen molar-refractivity contribution in [2.45, 2.75) is 38.4 Å². The summed E-state index contributed by atoms with van der Waals surface area (Å²) in [6.45, 7) is 3.51. The van der Waals surface area contributed by atoms with Gasteiger partial charge in [-0.3, -0.25) is 9.59 Å². The van der Waals surface area contributed by atoms with E-state index in [4.69, 9.17) is 10.5 Å². The van der Waals surface area contributed by atoms with Crippen LogP contribution in [-0.4, -0.2) is 23.4 Å². The van der Waals surface area contributed by atoms with E-state index in [2.05, 4.69) is 0 Å². The molecule has 4 heteroatoms. The summed E-state index contributed by atoms with van der Waals surface area (Å²) in [6, 6.07) is 0. The highest BCUT2D eigenvalue weighted by Gasteiger charge is 2.68. The molecule has 2 aliphatic rings. The summed E-state index contributed by atoms with van der Waals surface area (Å²) in [4.78, 5) is 22.7. The fourth-order valence-electron chi connectivity index (χ4n) is 2.19. The third-order valence-corrected chi connectivity index (χ3v) is 3.35. The number of ether oxygens (including phenoxy) is 1. The predicted octanol–water partition coefficient (Wildman–Crippen LogP) is -0.00160. The Labute approximate surface area is 76.4 Å². The van der Waals surface area contributed by atoms with Crippen molar-refractivity contribution < 1.29 is 14.3 Å². The van der Waals surface area contributed by atoms with Crippen LogP contribution in [0.3, 0.4) is 0 Å². The molecule has 1 aliphatic heterocycles. The maximum Gasteiger partial charge on any atom is 0.233 e. The van der Waals surface area contributed by atoms with E-state index in [9.17, 15) is 9.59 Å². The molecule has 1 saturated heterocycles. The van der Waals surface area contributed by atoms with Gasteiger partial charge in [0.25, 0.3) is 0 Å². The second-order valence-corrected chi connectivity index (χ2v) is 4.30. The number of carbonyl (C=O) groups is 2. The minimum atomic E-state index is -1.09. The van der Waals surface area contributed by atoms with Gasteiger partial charge >= 0.3 is 0 Å². The van der Waals surface area contributed by atoms with Crippen LogP contribution in [0.15, 0.2) is 0 Å². The van der Waals surface area contributed by atoms with Crippen LogP contribution in [0, 0.1) is 5.41 Å². The van der Waals surface area contributed by atoms with Crippen LogP contribution < -0.4 is 5.73 Å². The van der Waals surface area contributed by atoms with Crippen LogP contribution in [0.4, 0.5) is 0 Å². The fourth-order valence-corrected chi connectivity index (χ4v) is 2.19. The number of primary amides is 1. The van der Waals surface area contributed by atoms with Crippen molar-refractivity contribution in [1.29, 1.82) is 0 Å². The number of fused-ring (bicyclic) bond motifs is 1. The SMILES string of the molecule is C[C@@]1(C(N)=O)C(=O)CC[C@@]2(C)O[C@@H]12. The maximum absolute atomic E-state index is 11.6. The molecule has 0 radical (unpaired) electrons. The van der Waals surface area contributed by atoms with Gasteiger partial charge in [0.15, 0.2) is 5.78 Å². The second kappa shape index (κ2) is 2.12. The van der Waals surface area contributed by atoms with Gasteiger partial charge in [0.1, 0.15) is 11.5 Å². The molecule has 0 bridgehead atoms. The summed E-state index contributed by atoms with van der Waals surface area (Å²) in [7, 11) is 0. The van der Waals surface area contributed by atoms with Crippen molar-refractivity contribution in [3.8, 4) is 0 Å². The molecule has 2 fully saturated rings. The van der Waals surface area contributed by atoms with E-state index in [0.717, 1.165) is 0 Å². The first-order chi connectivity index (χ1) is 5.91. The Bertz CT molecular complexity index is 301. The van der Waals surface area contributed by atoms with Crippen molar-refractivity contribution in [1.82, 2.24) is 0 Å². The fraction of sp³-hybridized carbons (Fsp3) is 0.778. The highest BCUT2D eigenvalue weighted by Crippen LogP contribution is 2.54. The number of hydrogen-bond acceptors (Lipinski definition) is 3. The molecule has 72 valence electrons. The van der Waals surface area contributed by atoms with Crippen molar-refractivity contribution in [3.05, 3.63) is 0 Å². The van der Waals surface area contributed by atoms with Gasteiger partial charge in [0, 0.05) is 6.42 Å². The molecule has 0 aromatic carbocycles. The quantitative estimate of drug-likeness (QED) is 0.459. The van der Waals surface area contributed by atoms with Crippen LogP contribution in [0.5, 0.6) is 0 Å². The Morgan fingerprint density at radius 3 is 2.69 bits per heavy atom. The summed E-state index contributed by atoms with van der Waals surface area (Å²) >= 11 is 0. The zero-order chi connectivity index (χ0) is 9.85. The molecule has 1 saturated carbocycles. The number of carbonyl (C=O) groups excluding carboxylic acids is 2. The molecule has 0 aromatic rings. The number of epoxide rings is 1. The lowest BCUT2D eigenvalue weighted by atomic mass is 9.70. The molecule has 4 nitrogen and oxygen atoms in total. The molecule has 1 heterocycles. The summed E-state index contributed by atoms with van der Waals surface area (Å²) in [5, 5.41) is 0.